The van der Waals surface area contributed by atoms with E-state index in [0.29, 0.717) is 12.1 Å². The van der Waals surface area contributed by atoms with Crippen LogP contribution in [0.4, 0.5) is 0 Å². The molecular formula is C25H31NO4S2. The molecule has 0 amide bonds. The maximum absolute atomic E-state index is 10.5. The van der Waals surface area contributed by atoms with Gasteiger partial charge >= 0.3 is 11.9 Å². The van der Waals surface area contributed by atoms with Crippen LogP contribution in [0.3, 0.4) is 0 Å². The molecule has 0 fully saturated rings. The molecule has 0 aliphatic heterocycles. The zero-order valence-electron chi connectivity index (χ0n) is 18.4. The van der Waals surface area contributed by atoms with Crippen molar-refractivity contribution in [1.82, 2.24) is 5.32 Å². The van der Waals surface area contributed by atoms with Gasteiger partial charge in [-0.05, 0) is 44.0 Å². The third-order valence-corrected chi connectivity index (χ3v) is 4.76. The molecule has 0 radical (unpaired) electrons. The molecule has 172 valence electrons. The highest BCUT2D eigenvalue weighted by Gasteiger charge is 2.13. The number of carboxylic acid groups (broad SMARTS) is 2. The standard InChI is InChI=1S/C17H21N.C8H6O4.2H2S/c1-13-9-11-17(12-10-13)15(3)18-14(2)16-7-5-4-6-8-16;9-7(10)5-3-1-2-4-6(5)8(11)12;;/h4-12,14-15,18H,1-3H3;1-4H,(H,9,10)(H,11,12);2*1H2/t14?,15-;;;/m0.../s1. The number of benzene rings is 3. The minimum Gasteiger partial charge on any atom is -0.478 e. The molecule has 0 spiro atoms. The van der Waals surface area contributed by atoms with Crippen LogP contribution in [0.2, 0.25) is 0 Å². The van der Waals surface area contributed by atoms with Gasteiger partial charge in [0.15, 0.2) is 0 Å². The van der Waals surface area contributed by atoms with Crippen LogP contribution in [-0.2, 0) is 0 Å². The Morgan fingerprint density at radius 2 is 1.03 bits per heavy atom. The van der Waals surface area contributed by atoms with Gasteiger partial charge in [-0.3, -0.25) is 0 Å². The normalized spacial score (nSPS) is 11.5. The van der Waals surface area contributed by atoms with Crippen molar-refractivity contribution in [3.8, 4) is 0 Å². The van der Waals surface area contributed by atoms with Gasteiger partial charge in [-0.1, -0.05) is 72.3 Å². The lowest BCUT2D eigenvalue weighted by Crippen LogP contribution is -2.22. The maximum Gasteiger partial charge on any atom is 0.336 e. The topological polar surface area (TPSA) is 86.6 Å². The predicted octanol–water partition coefficient (Wildman–Crippen LogP) is 5.72. The molecule has 7 heteroatoms. The van der Waals surface area contributed by atoms with Crippen molar-refractivity contribution in [2.24, 2.45) is 0 Å². The number of carboxylic acids is 2. The summed E-state index contributed by atoms with van der Waals surface area (Å²) in [6.07, 6.45) is 0. The van der Waals surface area contributed by atoms with Crippen molar-refractivity contribution >= 4 is 38.9 Å². The Hall–Kier alpha value is -2.74. The average Bonchev–Trinajstić information content (AvgIpc) is 2.75. The average molecular weight is 474 g/mol. The van der Waals surface area contributed by atoms with Gasteiger partial charge < -0.3 is 15.5 Å². The van der Waals surface area contributed by atoms with Crippen LogP contribution in [0.1, 0.15) is 63.3 Å². The SMILES string of the molecule is Cc1ccc([C@H](C)NC(C)c2ccccc2)cc1.O=C(O)c1ccccc1C(=O)O.S.S. The smallest absolute Gasteiger partial charge is 0.336 e. The quantitative estimate of drug-likeness (QED) is 0.426. The van der Waals surface area contributed by atoms with Crippen LogP contribution in [0.15, 0.2) is 78.9 Å². The van der Waals surface area contributed by atoms with Crippen molar-refractivity contribution in [2.75, 3.05) is 0 Å². The number of hydrogen-bond acceptors (Lipinski definition) is 3. The van der Waals surface area contributed by atoms with Crippen molar-refractivity contribution in [1.29, 1.82) is 0 Å². The van der Waals surface area contributed by atoms with E-state index in [4.69, 9.17) is 10.2 Å². The highest BCUT2D eigenvalue weighted by atomic mass is 32.1. The number of hydrogen-bond donors (Lipinski definition) is 3. The third kappa shape index (κ3) is 8.78. The molecule has 3 aromatic carbocycles. The second-order valence-electron chi connectivity index (χ2n) is 7.09. The molecule has 0 saturated heterocycles. The Bertz CT molecular complexity index is 946. The number of rotatable bonds is 6. The van der Waals surface area contributed by atoms with Crippen LogP contribution in [-0.4, -0.2) is 22.2 Å². The lowest BCUT2D eigenvalue weighted by molar-refractivity contribution is 0.0651. The molecule has 3 N–H and O–H groups in total. The molecular weight excluding hydrogens is 442 g/mol. The second-order valence-corrected chi connectivity index (χ2v) is 7.09. The largest absolute Gasteiger partial charge is 0.478 e. The molecule has 2 atom stereocenters. The van der Waals surface area contributed by atoms with E-state index in [2.05, 4.69) is 80.7 Å². The summed E-state index contributed by atoms with van der Waals surface area (Å²) in [4.78, 5) is 20.9. The summed E-state index contributed by atoms with van der Waals surface area (Å²) in [7, 11) is 0. The molecule has 3 aromatic rings. The first-order valence-electron chi connectivity index (χ1n) is 9.72. The van der Waals surface area contributed by atoms with Crippen LogP contribution < -0.4 is 5.32 Å². The van der Waals surface area contributed by atoms with E-state index in [1.54, 1.807) is 0 Å². The van der Waals surface area contributed by atoms with E-state index < -0.39 is 11.9 Å². The molecule has 0 bridgehead atoms. The fourth-order valence-corrected chi connectivity index (χ4v) is 3.02. The van der Waals surface area contributed by atoms with E-state index in [-0.39, 0.29) is 38.1 Å². The molecule has 32 heavy (non-hydrogen) atoms. The molecule has 1 unspecified atom stereocenters. The summed E-state index contributed by atoms with van der Waals surface area (Å²) in [5.74, 6) is -2.46. The van der Waals surface area contributed by atoms with E-state index in [9.17, 15) is 9.59 Å². The maximum atomic E-state index is 10.5. The van der Waals surface area contributed by atoms with Crippen molar-refractivity contribution in [3.63, 3.8) is 0 Å². The summed E-state index contributed by atoms with van der Waals surface area (Å²) < 4.78 is 0. The fourth-order valence-electron chi connectivity index (χ4n) is 3.02. The van der Waals surface area contributed by atoms with Crippen molar-refractivity contribution in [3.05, 3.63) is 107 Å². The second kappa shape index (κ2) is 14.3. The molecule has 0 aliphatic rings. The van der Waals surface area contributed by atoms with Gasteiger partial charge in [-0.2, -0.15) is 27.0 Å². The van der Waals surface area contributed by atoms with Crippen molar-refractivity contribution < 1.29 is 19.8 Å². The Balaban J connectivity index is 0.000000607. The van der Waals surface area contributed by atoms with Gasteiger partial charge in [0.25, 0.3) is 0 Å². The zero-order valence-corrected chi connectivity index (χ0v) is 20.4. The van der Waals surface area contributed by atoms with Gasteiger partial charge in [0, 0.05) is 12.1 Å². The van der Waals surface area contributed by atoms with Crippen LogP contribution in [0.5, 0.6) is 0 Å². The van der Waals surface area contributed by atoms with Gasteiger partial charge in [0.05, 0.1) is 11.1 Å². The van der Waals surface area contributed by atoms with Crippen molar-refractivity contribution in [2.45, 2.75) is 32.9 Å². The number of nitrogens with one attached hydrogen (secondary N) is 1. The van der Waals surface area contributed by atoms with E-state index >= 15 is 0 Å². The molecule has 0 aliphatic carbocycles. The lowest BCUT2D eigenvalue weighted by Gasteiger charge is -2.21. The molecule has 3 rings (SSSR count). The first kappa shape index (κ1) is 29.3. The van der Waals surface area contributed by atoms with Gasteiger partial charge in [0.1, 0.15) is 0 Å². The summed E-state index contributed by atoms with van der Waals surface area (Å²) in [5.41, 5.74) is 3.59. The van der Waals surface area contributed by atoms with Gasteiger partial charge in [-0.25, -0.2) is 9.59 Å². The zero-order chi connectivity index (χ0) is 22.1. The third-order valence-electron chi connectivity index (χ3n) is 4.76. The number of aryl methyl sites for hydroxylation is 1. The number of carbonyl (C=O) groups is 2. The lowest BCUT2D eigenvalue weighted by atomic mass is 10.0. The predicted molar refractivity (Wildman–Crippen MR) is 139 cm³/mol. The number of aromatic carboxylic acids is 2. The fraction of sp³-hybridized carbons (Fsp3) is 0.200. The minimum absolute atomic E-state index is 0. The highest BCUT2D eigenvalue weighted by molar-refractivity contribution is 7.59. The summed E-state index contributed by atoms with van der Waals surface area (Å²) >= 11 is 0. The molecule has 0 aromatic heterocycles. The first-order valence-corrected chi connectivity index (χ1v) is 9.72. The Labute approximate surface area is 203 Å². The Kier molecular flexibility index (Phi) is 13.1. The summed E-state index contributed by atoms with van der Waals surface area (Å²) in [6, 6.07) is 25.5. The van der Waals surface area contributed by atoms with E-state index in [1.807, 2.05) is 0 Å². The Morgan fingerprint density at radius 1 is 0.656 bits per heavy atom. The van der Waals surface area contributed by atoms with E-state index in [0.717, 1.165) is 0 Å². The summed E-state index contributed by atoms with van der Waals surface area (Å²) in [5, 5.41) is 20.7. The van der Waals surface area contributed by atoms with Crippen LogP contribution >= 0.6 is 27.0 Å². The molecule has 0 saturated carbocycles. The van der Waals surface area contributed by atoms with Crippen LogP contribution in [0.25, 0.3) is 0 Å². The summed E-state index contributed by atoms with van der Waals surface area (Å²) in [6.45, 7) is 6.54. The van der Waals surface area contributed by atoms with E-state index in [1.165, 1.54) is 41.0 Å². The molecule has 5 nitrogen and oxygen atoms in total. The highest BCUT2D eigenvalue weighted by Crippen LogP contribution is 2.19. The van der Waals surface area contributed by atoms with Crippen LogP contribution in [0, 0.1) is 6.92 Å². The molecule has 0 heterocycles. The van der Waals surface area contributed by atoms with Gasteiger partial charge in [0.2, 0.25) is 0 Å². The first-order chi connectivity index (χ1) is 14.3. The Morgan fingerprint density at radius 3 is 1.44 bits per heavy atom. The minimum atomic E-state index is -1.23. The monoisotopic (exact) mass is 473 g/mol. The van der Waals surface area contributed by atoms with Gasteiger partial charge in [-0.15, -0.1) is 0 Å².